The Morgan fingerprint density at radius 2 is 0.688 bits per heavy atom. The predicted octanol–water partition coefficient (Wildman–Crippen LogP) is 17.7. The summed E-state index contributed by atoms with van der Waals surface area (Å²) < 4.78 is 0. The molecule has 2 unspecified atom stereocenters. The monoisotopic (exact) mass is 884 g/mol. The molecule has 2 atom stereocenters. The van der Waals surface area contributed by atoms with E-state index < -0.39 is 12.1 Å². The van der Waals surface area contributed by atoms with Crippen LogP contribution in [0.4, 0.5) is 0 Å². The first-order valence-electron chi connectivity index (χ1n) is 26.7. The zero-order valence-electron chi connectivity index (χ0n) is 41.8. The Balaban J connectivity index is 3.69. The van der Waals surface area contributed by atoms with Crippen LogP contribution in [0.3, 0.4) is 0 Å². The molecule has 0 aromatic rings. The smallest absolute Gasteiger partial charge is 0.220 e. The highest BCUT2D eigenvalue weighted by Gasteiger charge is 2.17. The van der Waals surface area contributed by atoms with Gasteiger partial charge in [-0.2, -0.15) is 0 Å². The van der Waals surface area contributed by atoms with Gasteiger partial charge in [-0.05, 0) is 89.9 Å². The second-order valence-electron chi connectivity index (χ2n) is 17.6. The van der Waals surface area contributed by atoms with Crippen molar-refractivity contribution in [2.45, 2.75) is 244 Å². The van der Waals surface area contributed by atoms with E-state index in [9.17, 15) is 15.0 Å². The number of hydrogen-bond donors (Lipinski definition) is 3. The predicted molar refractivity (Wildman–Crippen MR) is 285 cm³/mol. The number of nitrogens with one attached hydrogen (secondary N) is 1. The molecule has 4 nitrogen and oxygen atoms in total. The van der Waals surface area contributed by atoms with Crippen LogP contribution in [0.2, 0.25) is 0 Å². The normalized spacial score (nSPS) is 13.9. The largest absolute Gasteiger partial charge is 0.394 e. The molecular formula is C60H101NO3. The van der Waals surface area contributed by atoms with Crippen LogP contribution in [-0.4, -0.2) is 34.9 Å². The van der Waals surface area contributed by atoms with E-state index in [1.165, 1.54) is 116 Å². The summed E-state index contributed by atoms with van der Waals surface area (Å²) in [7, 11) is 0. The lowest BCUT2D eigenvalue weighted by Gasteiger charge is -2.19. The van der Waals surface area contributed by atoms with Gasteiger partial charge in [-0.1, -0.05) is 257 Å². The molecule has 4 heteroatoms. The minimum Gasteiger partial charge on any atom is -0.394 e. The van der Waals surface area contributed by atoms with Crippen LogP contribution in [-0.2, 0) is 4.79 Å². The van der Waals surface area contributed by atoms with Crippen molar-refractivity contribution in [1.29, 1.82) is 0 Å². The Morgan fingerprint density at radius 3 is 1.03 bits per heavy atom. The third-order valence-corrected chi connectivity index (χ3v) is 11.5. The summed E-state index contributed by atoms with van der Waals surface area (Å²) in [5.74, 6) is -0.0996. The van der Waals surface area contributed by atoms with Gasteiger partial charge in [0.1, 0.15) is 0 Å². The van der Waals surface area contributed by atoms with Crippen molar-refractivity contribution < 1.29 is 15.0 Å². The summed E-state index contributed by atoms with van der Waals surface area (Å²) >= 11 is 0. The number of aliphatic hydroxyl groups excluding tert-OH is 2. The summed E-state index contributed by atoms with van der Waals surface area (Å²) in [6.45, 7) is 4.18. The fraction of sp³-hybridized carbons (Fsp3) is 0.650. The SMILES string of the molecule is CC/C=C\C/C=C\C/C=C\C/C=C\C/C=C\C/C=C\C/C=C\C/C=C\C/C=C\CCCCCC(=O)NC(CO)C(O)/C=C/CCCCCCCCCCCCCCCCCCCCC. The molecule has 0 aliphatic carbocycles. The minimum absolute atomic E-state index is 0.0996. The van der Waals surface area contributed by atoms with Crippen molar-refractivity contribution in [2.24, 2.45) is 0 Å². The van der Waals surface area contributed by atoms with Gasteiger partial charge in [0.2, 0.25) is 5.91 Å². The van der Waals surface area contributed by atoms with Gasteiger partial charge in [0.15, 0.2) is 0 Å². The first-order valence-corrected chi connectivity index (χ1v) is 26.7. The number of amides is 1. The summed E-state index contributed by atoms with van der Waals surface area (Å²) in [5, 5.41) is 23.1. The molecule has 0 bridgehead atoms. The molecule has 364 valence electrons. The van der Waals surface area contributed by atoms with E-state index in [0.29, 0.717) is 6.42 Å². The highest BCUT2D eigenvalue weighted by Crippen LogP contribution is 2.15. The number of unbranched alkanes of at least 4 members (excludes halogenated alkanes) is 22. The molecule has 0 spiro atoms. The second-order valence-corrected chi connectivity index (χ2v) is 17.6. The summed E-state index contributed by atoms with van der Waals surface area (Å²) in [6, 6.07) is -0.650. The Kier molecular flexibility index (Phi) is 51.4. The molecule has 0 heterocycles. The number of aliphatic hydroxyl groups is 2. The third kappa shape index (κ3) is 49.8. The van der Waals surface area contributed by atoms with Crippen LogP contribution in [0.1, 0.15) is 232 Å². The Bertz CT molecular complexity index is 1280. The van der Waals surface area contributed by atoms with E-state index >= 15 is 0 Å². The van der Waals surface area contributed by atoms with Gasteiger partial charge in [0.05, 0.1) is 18.8 Å². The van der Waals surface area contributed by atoms with Crippen molar-refractivity contribution in [3.8, 4) is 0 Å². The topological polar surface area (TPSA) is 69.6 Å². The van der Waals surface area contributed by atoms with Crippen LogP contribution < -0.4 is 5.32 Å². The maximum atomic E-state index is 12.4. The fourth-order valence-corrected chi connectivity index (χ4v) is 7.41. The molecule has 0 saturated carbocycles. The Hall–Kier alpha value is -3.21. The number of hydrogen-bond acceptors (Lipinski definition) is 3. The summed E-state index contributed by atoms with van der Waals surface area (Å²) in [6.07, 6.45) is 83.3. The van der Waals surface area contributed by atoms with Gasteiger partial charge in [-0.25, -0.2) is 0 Å². The summed E-state index contributed by atoms with van der Waals surface area (Å²) in [4.78, 5) is 12.4. The lowest BCUT2D eigenvalue weighted by atomic mass is 10.0. The van der Waals surface area contributed by atoms with E-state index in [2.05, 4.69) is 129 Å². The average molecular weight is 884 g/mol. The molecule has 0 aromatic heterocycles. The molecule has 0 fully saturated rings. The third-order valence-electron chi connectivity index (χ3n) is 11.5. The molecule has 1 amide bonds. The summed E-state index contributed by atoms with van der Waals surface area (Å²) in [5.41, 5.74) is 0. The maximum Gasteiger partial charge on any atom is 0.220 e. The highest BCUT2D eigenvalue weighted by molar-refractivity contribution is 5.76. The number of allylic oxidation sites excluding steroid dienone is 19. The van der Waals surface area contributed by atoms with Gasteiger partial charge in [0, 0.05) is 6.42 Å². The molecule has 0 aliphatic heterocycles. The molecular weight excluding hydrogens is 783 g/mol. The van der Waals surface area contributed by atoms with Gasteiger partial charge in [0.25, 0.3) is 0 Å². The zero-order chi connectivity index (χ0) is 46.3. The molecule has 0 radical (unpaired) electrons. The molecule has 3 N–H and O–H groups in total. The van der Waals surface area contributed by atoms with Crippen LogP contribution >= 0.6 is 0 Å². The van der Waals surface area contributed by atoms with E-state index in [0.717, 1.165) is 96.3 Å². The Morgan fingerprint density at radius 1 is 0.391 bits per heavy atom. The number of rotatable bonds is 47. The van der Waals surface area contributed by atoms with Gasteiger partial charge < -0.3 is 15.5 Å². The first kappa shape index (κ1) is 60.8. The quantitative estimate of drug-likeness (QED) is 0.0421. The molecule has 0 rings (SSSR count). The number of carbonyl (C=O) groups is 1. The van der Waals surface area contributed by atoms with Gasteiger partial charge in [-0.15, -0.1) is 0 Å². The van der Waals surface area contributed by atoms with Crippen molar-refractivity contribution in [1.82, 2.24) is 5.32 Å². The maximum absolute atomic E-state index is 12.4. The van der Waals surface area contributed by atoms with E-state index in [1.54, 1.807) is 6.08 Å². The standard InChI is InChI=1S/C60H101NO3/c1-3-5-7-9-11-13-15-17-19-21-23-25-26-27-28-29-30-31-32-33-34-36-38-40-42-44-46-48-50-52-54-56-60(64)61-58(57-62)59(63)55-53-51-49-47-45-43-41-39-37-35-24-22-20-18-16-14-12-10-8-6-4-2/h5,7,11,13,17,19,23,25,27-28,30-31,33-34,38,40,44,46,53,55,58-59,62-63H,3-4,6,8-10,12,14-16,18,20-22,24,26,29,32,35-37,39,41-43,45,47-52,54,56-57H2,1-2H3,(H,61,64)/b7-5-,13-11-,19-17-,25-23-,28-27-,31-30-,34-33-,40-38-,46-44-,55-53+. The molecule has 0 aromatic carbocycles. The average Bonchev–Trinajstić information content (AvgIpc) is 3.30. The van der Waals surface area contributed by atoms with Gasteiger partial charge in [-0.3, -0.25) is 4.79 Å². The molecule has 0 saturated heterocycles. The van der Waals surface area contributed by atoms with Crippen molar-refractivity contribution in [3.05, 3.63) is 122 Å². The van der Waals surface area contributed by atoms with Crippen molar-refractivity contribution in [2.75, 3.05) is 6.61 Å². The van der Waals surface area contributed by atoms with Crippen molar-refractivity contribution >= 4 is 5.91 Å². The van der Waals surface area contributed by atoms with E-state index in [-0.39, 0.29) is 12.5 Å². The van der Waals surface area contributed by atoms with E-state index in [1.807, 2.05) is 6.08 Å². The minimum atomic E-state index is -0.863. The second kappa shape index (κ2) is 54.1. The van der Waals surface area contributed by atoms with Crippen molar-refractivity contribution in [3.63, 3.8) is 0 Å². The number of carbonyl (C=O) groups excluding carboxylic acids is 1. The van der Waals surface area contributed by atoms with Crippen LogP contribution in [0, 0.1) is 0 Å². The van der Waals surface area contributed by atoms with Crippen LogP contribution in [0.5, 0.6) is 0 Å². The lowest BCUT2D eigenvalue weighted by Crippen LogP contribution is -2.45. The van der Waals surface area contributed by atoms with Gasteiger partial charge >= 0.3 is 0 Å². The molecule has 0 aliphatic rings. The van der Waals surface area contributed by atoms with E-state index in [4.69, 9.17) is 0 Å². The highest BCUT2D eigenvalue weighted by atomic mass is 16.3. The first-order chi connectivity index (χ1) is 31.7. The molecule has 64 heavy (non-hydrogen) atoms. The fourth-order valence-electron chi connectivity index (χ4n) is 7.41. The van der Waals surface area contributed by atoms with Crippen LogP contribution in [0.15, 0.2) is 122 Å². The van der Waals surface area contributed by atoms with Crippen LogP contribution in [0.25, 0.3) is 0 Å². The Labute approximate surface area is 397 Å². The zero-order valence-corrected chi connectivity index (χ0v) is 41.8. The lowest BCUT2D eigenvalue weighted by molar-refractivity contribution is -0.123.